The van der Waals surface area contributed by atoms with Crippen LogP contribution in [0.3, 0.4) is 0 Å². The van der Waals surface area contributed by atoms with Crippen molar-refractivity contribution in [3.8, 4) is 80.5 Å². The van der Waals surface area contributed by atoms with Crippen LogP contribution >= 0.6 is 0 Å². The molecular weight excluding hydrogens is 1200 g/mol. The Bertz CT molecular complexity index is 4250. The fourth-order valence-corrected chi connectivity index (χ4v) is 10.9. The van der Waals surface area contributed by atoms with E-state index in [0.29, 0.717) is 68.3 Å². The molecule has 0 atom stereocenters. The van der Waals surface area contributed by atoms with E-state index in [2.05, 4.69) is 25.0 Å². The van der Waals surface area contributed by atoms with Crippen molar-refractivity contribution in [3.63, 3.8) is 0 Å². The summed E-state index contributed by atoms with van der Waals surface area (Å²) in [6.07, 6.45) is 29.6. The molecule has 0 spiro atoms. The van der Waals surface area contributed by atoms with Gasteiger partial charge in [0.25, 0.3) is 11.6 Å². The molecule has 40 heteroatoms. The predicted octanol–water partition coefficient (Wildman–Crippen LogP) is -9.95. The molecule has 0 radical (unpaired) electrons. The first kappa shape index (κ1) is 59.8. The van der Waals surface area contributed by atoms with E-state index in [-0.39, 0.29) is 0 Å². The number of imidazole rings is 4. The van der Waals surface area contributed by atoms with Crippen LogP contribution < -0.4 is 70.3 Å². The van der Waals surface area contributed by atoms with Crippen molar-refractivity contribution in [2.75, 3.05) is 0 Å². The van der Waals surface area contributed by atoms with Crippen molar-refractivity contribution in [1.82, 2.24) is 48.0 Å². The normalized spacial score (nSPS) is 12.0. The molecule has 0 saturated heterocycles. The van der Waals surface area contributed by atoms with Crippen LogP contribution in [-0.2, 0) is 33.3 Å². The third-order valence-corrected chi connectivity index (χ3v) is 14.4. The van der Waals surface area contributed by atoms with Crippen LogP contribution in [0.4, 0.5) is 0 Å². The lowest BCUT2D eigenvalue weighted by atomic mass is 10.2. The number of aromatic nitrogens is 20. The van der Waals surface area contributed by atoms with Gasteiger partial charge in [0.2, 0.25) is 81.4 Å². The van der Waals surface area contributed by atoms with E-state index in [1.807, 2.05) is 145 Å². The first-order valence-electron chi connectivity index (χ1n) is 27.9. The first-order chi connectivity index (χ1) is 44.7. The Morgan fingerprint density at radius 2 is 0.772 bits per heavy atom. The Hall–Kier alpha value is -11.2. The van der Waals surface area contributed by atoms with Crippen molar-refractivity contribution in [3.05, 3.63) is 203 Å². The summed E-state index contributed by atoms with van der Waals surface area (Å²) in [5.74, 6) is 5.74. The largest absolute Gasteiger partial charge is 0.772 e. The highest BCUT2D eigenvalue weighted by atomic mass is 16.8. The van der Waals surface area contributed by atoms with Crippen molar-refractivity contribution in [2.45, 2.75) is 33.3 Å². The Morgan fingerprint density at radius 1 is 0.348 bits per heavy atom. The lowest BCUT2D eigenvalue weighted by Crippen LogP contribution is -2.57. The minimum atomic E-state index is -1.89. The second kappa shape index (κ2) is 25.7. The Balaban J connectivity index is 0.000000106. The van der Waals surface area contributed by atoms with Crippen molar-refractivity contribution >= 4 is 36.6 Å². The average molecular weight is 1250 g/mol. The Labute approximate surface area is 519 Å². The van der Waals surface area contributed by atoms with Crippen LogP contribution in [0.25, 0.3) is 80.5 Å². The molecule has 10 aromatic heterocycles. The van der Waals surface area contributed by atoms with E-state index in [9.17, 15) is 0 Å². The molecule has 92 heavy (non-hydrogen) atoms. The summed E-state index contributed by atoms with van der Waals surface area (Å²) in [7, 11) is -9.35. The molecule has 0 unspecified atom stereocenters. The van der Waals surface area contributed by atoms with Gasteiger partial charge in [-0.2, -0.15) is 9.78 Å². The van der Waals surface area contributed by atoms with E-state index in [1.165, 1.54) is 23.7 Å². The number of benzene rings is 2. The molecular formula is C52H53B5N20O15+10. The maximum Gasteiger partial charge on any atom is 0.772 e. The lowest BCUT2D eigenvalue weighted by Gasteiger charge is -2.00. The van der Waals surface area contributed by atoms with Gasteiger partial charge in [0.05, 0.1) is 84.5 Å². The monoisotopic (exact) mass is 1250 g/mol. The Morgan fingerprint density at radius 3 is 1.33 bits per heavy atom. The highest BCUT2D eigenvalue weighted by molar-refractivity contribution is 6.33. The quantitative estimate of drug-likeness (QED) is 0.0401. The maximum absolute atomic E-state index is 9.05. The summed E-state index contributed by atoms with van der Waals surface area (Å²) >= 11 is 0. The molecule has 5 aliphatic heterocycles. The molecule has 456 valence electrons. The summed E-state index contributed by atoms with van der Waals surface area (Å²) in [5.41, 5.74) is 5.67. The third kappa shape index (κ3) is 12.1. The van der Waals surface area contributed by atoms with Gasteiger partial charge in [-0.1, -0.05) is 60.7 Å². The van der Waals surface area contributed by atoms with Gasteiger partial charge in [0.1, 0.15) is 12.2 Å². The van der Waals surface area contributed by atoms with Gasteiger partial charge in [-0.15, -0.1) is 22.8 Å². The number of nitrogens with zero attached hydrogens (tertiary/aromatic N) is 20. The summed E-state index contributed by atoms with van der Waals surface area (Å²) in [4.78, 5) is 17.1. The van der Waals surface area contributed by atoms with Crippen molar-refractivity contribution in [2.24, 2.45) is 0 Å². The number of hydrogen-bond acceptors (Lipinski definition) is 20. The average Bonchev–Trinajstić information content (AvgIpc) is 1.62. The molecule has 0 aliphatic carbocycles. The van der Waals surface area contributed by atoms with Crippen LogP contribution in [0.2, 0.25) is 0 Å². The van der Waals surface area contributed by atoms with Crippen LogP contribution in [0.1, 0.15) is 0 Å². The molecule has 2 aromatic carbocycles. The van der Waals surface area contributed by atoms with E-state index in [0.717, 1.165) is 45.6 Å². The summed E-state index contributed by atoms with van der Waals surface area (Å²) in [5, 5.41) is 93.2. The highest BCUT2D eigenvalue weighted by Crippen LogP contribution is 2.28. The second-order valence-electron chi connectivity index (χ2n) is 20.1. The summed E-state index contributed by atoms with van der Waals surface area (Å²) in [6, 6.07) is 30.5. The summed E-state index contributed by atoms with van der Waals surface area (Å²) < 4.78 is 50.4. The van der Waals surface area contributed by atoms with E-state index in [4.69, 9.17) is 74.0 Å². The standard InChI is InChI=1S/2C14H13BN4O3.3C8H9BN4O3/c20-15(21)22-19-8-4-7-17-10-18-12(14(17)19)9-16-13(18)11-5-2-1-3-6-11;20-15(21)22-19-8-4-7-17-10-18-12(9-16-13(18)14(17)19)11-5-2-1-3-6-11;14-9(15)16-13-5-1-4-11-6-12-7(8(11)13)2-3-10-12;14-9(15)16-13-4-1-3-12-6-11-5-2-10-7(11)8(12)13;14-9(15)16-13-3-1-2-11-6-12-5-10-4-7(12)8(11)13/h2*1-9,20-21H,10H2;3*1-5,14-15H,6H2/q5*+2. The fourth-order valence-electron chi connectivity index (χ4n) is 10.9. The third-order valence-electron chi connectivity index (χ3n) is 14.4. The molecule has 10 N–H and O–H groups in total. The van der Waals surface area contributed by atoms with Crippen LogP contribution in [0.15, 0.2) is 203 Å². The van der Waals surface area contributed by atoms with Gasteiger partial charge in [-0.3, -0.25) is 42.0 Å². The molecule has 35 nitrogen and oxygen atoms in total. The van der Waals surface area contributed by atoms with Crippen LogP contribution in [0, 0.1) is 0 Å². The molecule has 0 bridgehead atoms. The number of fused-ring (bicyclic) bond motifs is 15. The van der Waals surface area contributed by atoms with E-state index >= 15 is 0 Å². The van der Waals surface area contributed by atoms with Gasteiger partial charge in [0.15, 0.2) is 31.0 Å². The van der Waals surface area contributed by atoms with Crippen molar-refractivity contribution in [1.29, 1.82) is 0 Å². The molecule has 15 heterocycles. The lowest BCUT2D eigenvalue weighted by molar-refractivity contribution is -0.909. The zero-order valence-corrected chi connectivity index (χ0v) is 47.9. The van der Waals surface area contributed by atoms with Crippen LogP contribution in [-0.4, -0.2) is 135 Å². The summed E-state index contributed by atoms with van der Waals surface area (Å²) in [6.45, 7) is 3.03. The van der Waals surface area contributed by atoms with Gasteiger partial charge in [-0.05, 0) is 11.6 Å². The van der Waals surface area contributed by atoms with E-state index in [1.54, 1.807) is 103 Å². The molecule has 17 rings (SSSR count). The topological polar surface area (TPSA) is 376 Å². The maximum atomic E-state index is 9.05. The predicted molar refractivity (Wildman–Crippen MR) is 302 cm³/mol. The zero-order chi connectivity index (χ0) is 63.6. The zero-order valence-electron chi connectivity index (χ0n) is 47.9. The minimum Gasteiger partial charge on any atom is -0.387 e. The molecule has 12 aromatic rings. The molecule has 0 fully saturated rings. The van der Waals surface area contributed by atoms with Crippen molar-refractivity contribution < 1.29 is 121 Å². The highest BCUT2D eigenvalue weighted by Gasteiger charge is 2.46. The van der Waals surface area contributed by atoms with Gasteiger partial charge in [-0.25, -0.2) is 19.9 Å². The van der Waals surface area contributed by atoms with Gasteiger partial charge < -0.3 is 50.2 Å². The Kier molecular flexibility index (Phi) is 16.7. The fraction of sp³-hybridized carbons (Fsp3) is 0.0962. The van der Waals surface area contributed by atoms with E-state index < -0.39 is 36.6 Å². The number of hydrogen-bond donors (Lipinski definition) is 10. The van der Waals surface area contributed by atoms with Crippen LogP contribution in [0.5, 0.6) is 0 Å². The molecule has 0 saturated carbocycles. The van der Waals surface area contributed by atoms with Gasteiger partial charge >= 0.3 is 65.7 Å². The minimum absolute atomic E-state index is 0.584. The first-order valence-corrected chi connectivity index (χ1v) is 27.9. The smallest absolute Gasteiger partial charge is 0.387 e. The SMILES string of the molecule is OB(O)O[n+]1ccc[n+]2c1-c1ccnn1C2.OB(O)O[n+]1ccc[n+]2c1-c1cnc(-c3ccccc3)n1C2.OB(O)O[n+]1ccc[n+]2c1-c1cncn1C2.OB(O)O[n+]1ccc[n+]2c1-c1ncc(-c3ccccc3)n1C2.OB(O)O[n+]1ccc[n+]2c1-c1nccn1C2. The number of rotatable bonds is 12. The molecule has 0 amide bonds. The second-order valence-corrected chi connectivity index (χ2v) is 20.1. The molecule has 5 aliphatic rings. The van der Waals surface area contributed by atoms with Gasteiger partial charge in [0, 0.05) is 18.0 Å².